The topological polar surface area (TPSA) is 27.7 Å². The number of hydrogen-bond donors (Lipinski definition) is 0. The molecule has 5 heteroatoms. The first-order valence-electron chi connectivity index (χ1n) is 10.6. The lowest BCUT2D eigenvalue weighted by Crippen LogP contribution is -2.17. The van der Waals surface area contributed by atoms with Crippen LogP contribution >= 0.6 is 16.5 Å². The van der Waals surface area contributed by atoms with Gasteiger partial charge in [0.05, 0.1) is 0 Å². The van der Waals surface area contributed by atoms with Crippen LogP contribution in [-0.2, 0) is 4.52 Å². The Labute approximate surface area is 186 Å². The Morgan fingerprint density at radius 3 is 2.42 bits per heavy atom. The predicted octanol–water partition coefficient (Wildman–Crippen LogP) is 7.41. The molecule has 1 aliphatic heterocycles. The molecule has 0 aromatic heterocycles. The largest absolute Gasteiger partial charge is 0.469 e. The van der Waals surface area contributed by atoms with Crippen LogP contribution in [0.1, 0.15) is 12.8 Å². The van der Waals surface area contributed by atoms with Crippen LogP contribution in [0.15, 0.2) is 103 Å². The lowest BCUT2D eigenvalue weighted by molar-refractivity contribution is 0.415. The molecule has 2 aliphatic rings. The van der Waals surface area contributed by atoms with Gasteiger partial charge in [-0.15, -0.1) is 0 Å². The third kappa shape index (κ3) is 4.85. The molecule has 1 aliphatic carbocycles. The van der Waals surface area contributed by atoms with E-state index in [1.54, 1.807) is 0 Å². The molecule has 0 N–H and O–H groups in total. The monoisotopic (exact) mass is 446 g/mol. The second kappa shape index (κ2) is 9.69. The fraction of sp³-hybridized carbons (Fsp3) is 0.154. The minimum absolute atomic E-state index is 0.786. The molecule has 3 aromatic rings. The minimum Gasteiger partial charge on any atom is -0.469 e. The van der Waals surface area contributed by atoms with E-state index in [9.17, 15) is 0 Å². The van der Waals surface area contributed by atoms with Gasteiger partial charge in [-0.1, -0.05) is 66.7 Å². The third-order valence-electron chi connectivity index (χ3n) is 5.16. The Balaban J connectivity index is 1.35. The van der Waals surface area contributed by atoms with Crippen molar-refractivity contribution in [1.29, 1.82) is 0 Å². The normalized spacial score (nSPS) is 17.5. The molecule has 0 amide bonds. The Bertz CT molecular complexity index is 1090. The van der Waals surface area contributed by atoms with Gasteiger partial charge in [-0.05, 0) is 48.8 Å². The third-order valence-corrected chi connectivity index (χ3v) is 8.91. The van der Waals surface area contributed by atoms with E-state index in [1.165, 1.54) is 16.4 Å². The van der Waals surface area contributed by atoms with Gasteiger partial charge in [-0.3, -0.25) is 0 Å². The van der Waals surface area contributed by atoms with E-state index in [0.717, 1.165) is 42.4 Å². The summed E-state index contributed by atoms with van der Waals surface area (Å²) in [6.45, 7) is 0. The molecule has 5 rings (SSSR count). The van der Waals surface area contributed by atoms with Gasteiger partial charge in [-0.25, -0.2) is 0 Å². The van der Waals surface area contributed by atoms with Crippen molar-refractivity contribution in [2.75, 3.05) is 12.3 Å². The van der Waals surface area contributed by atoms with E-state index in [-0.39, 0.29) is 0 Å². The highest BCUT2D eigenvalue weighted by Gasteiger charge is 2.28. The van der Waals surface area contributed by atoms with E-state index in [2.05, 4.69) is 60.7 Å². The van der Waals surface area contributed by atoms with Crippen molar-refractivity contribution >= 4 is 21.8 Å². The smallest absolute Gasteiger partial charge is 0.290 e. The van der Waals surface area contributed by atoms with Crippen LogP contribution in [0.4, 0.5) is 0 Å². The summed E-state index contributed by atoms with van der Waals surface area (Å²) in [5, 5.41) is 1.29. The van der Waals surface area contributed by atoms with Crippen LogP contribution < -0.4 is 14.4 Å². The Morgan fingerprint density at radius 2 is 1.58 bits per heavy atom. The molecular formula is C26H24O3P2. The molecule has 2 unspecified atom stereocenters. The standard InChI is InChI=1S/C26H24O3P2/c1-3-11-21(12-4-1)27-31(28-22-13-5-2-6-14-22)20-19-30-26-18-10-8-16-24(26)23-15-7-9-17-25(23)29-30/h1,3-5,7-18H,2,6,19-20H2. The van der Waals surface area contributed by atoms with Gasteiger partial charge in [0.25, 0.3) is 8.38 Å². The van der Waals surface area contributed by atoms with E-state index in [0.29, 0.717) is 0 Å². The van der Waals surface area contributed by atoms with Gasteiger partial charge < -0.3 is 13.6 Å². The molecule has 0 spiro atoms. The molecule has 0 saturated carbocycles. The summed E-state index contributed by atoms with van der Waals surface area (Å²) in [7, 11) is -1.91. The van der Waals surface area contributed by atoms with Gasteiger partial charge in [0.15, 0.2) is 0 Å². The molecular weight excluding hydrogens is 422 g/mol. The second-order valence-electron chi connectivity index (χ2n) is 7.34. The van der Waals surface area contributed by atoms with Crippen molar-refractivity contribution < 1.29 is 13.6 Å². The minimum atomic E-state index is -1.12. The van der Waals surface area contributed by atoms with Gasteiger partial charge in [0.1, 0.15) is 25.4 Å². The highest BCUT2D eigenvalue weighted by Crippen LogP contribution is 2.51. The predicted molar refractivity (Wildman–Crippen MR) is 130 cm³/mol. The maximum atomic E-state index is 6.48. The highest BCUT2D eigenvalue weighted by atomic mass is 31.2. The number of para-hydroxylation sites is 2. The summed E-state index contributed by atoms with van der Waals surface area (Å²) in [5.41, 5.74) is 2.45. The van der Waals surface area contributed by atoms with E-state index < -0.39 is 16.5 Å². The van der Waals surface area contributed by atoms with Crippen molar-refractivity contribution in [1.82, 2.24) is 0 Å². The maximum Gasteiger partial charge on any atom is 0.290 e. The Morgan fingerprint density at radius 1 is 0.806 bits per heavy atom. The van der Waals surface area contributed by atoms with Crippen molar-refractivity contribution in [3.63, 3.8) is 0 Å². The molecule has 2 atom stereocenters. The van der Waals surface area contributed by atoms with E-state index >= 15 is 0 Å². The summed E-state index contributed by atoms with van der Waals surface area (Å²) >= 11 is 0. The fourth-order valence-corrected chi connectivity index (χ4v) is 7.55. The van der Waals surface area contributed by atoms with Crippen molar-refractivity contribution in [3.05, 3.63) is 103 Å². The average molecular weight is 446 g/mol. The molecule has 1 heterocycles. The van der Waals surface area contributed by atoms with Crippen LogP contribution in [0.25, 0.3) is 11.1 Å². The summed E-state index contributed by atoms with van der Waals surface area (Å²) in [6.07, 6.45) is 10.1. The zero-order valence-corrected chi connectivity index (χ0v) is 19.0. The van der Waals surface area contributed by atoms with Gasteiger partial charge in [-0.2, -0.15) is 0 Å². The van der Waals surface area contributed by atoms with Crippen LogP contribution in [0.3, 0.4) is 0 Å². The number of benzene rings is 3. The fourth-order valence-electron chi connectivity index (χ4n) is 3.68. The molecule has 0 fully saturated rings. The first-order valence-corrected chi connectivity index (χ1v) is 13.4. The summed E-state index contributed by atoms with van der Waals surface area (Å²) in [4.78, 5) is 0. The molecule has 156 valence electrons. The zero-order valence-electron chi connectivity index (χ0n) is 17.2. The lowest BCUT2D eigenvalue weighted by atomic mass is 10.0. The molecule has 0 bridgehead atoms. The quantitative estimate of drug-likeness (QED) is 0.354. The molecule has 31 heavy (non-hydrogen) atoms. The number of fused-ring (bicyclic) bond motifs is 3. The van der Waals surface area contributed by atoms with Crippen molar-refractivity contribution in [2.45, 2.75) is 12.8 Å². The van der Waals surface area contributed by atoms with Crippen LogP contribution in [0.5, 0.6) is 11.5 Å². The first-order chi connectivity index (χ1) is 15.4. The Kier molecular flexibility index (Phi) is 6.35. The average Bonchev–Trinajstić information content (AvgIpc) is 2.84. The molecule has 0 radical (unpaired) electrons. The molecule has 0 saturated heterocycles. The van der Waals surface area contributed by atoms with Crippen LogP contribution in [0, 0.1) is 0 Å². The number of hydrogen-bond acceptors (Lipinski definition) is 3. The summed E-state index contributed by atoms with van der Waals surface area (Å²) < 4.78 is 19.1. The lowest BCUT2D eigenvalue weighted by Gasteiger charge is -2.29. The molecule has 3 nitrogen and oxygen atoms in total. The second-order valence-corrected chi connectivity index (χ2v) is 10.7. The molecule has 3 aromatic carbocycles. The zero-order chi connectivity index (χ0) is 20.9. The first kappa shape index (κ1) is 20.3. The van der Waals surface area contributed by atoms with Gasteiger partial charge in [0, 0.05) is 23.2 Å². The number of rotatable bonds is 7. The van der Waals surface area contributed by atoms with Gasteiger partial charge in [0.2, 0.25) is 0 Å². The summed E-state index contributed by atoms with van der Waals surface area (Å²) in [6, 6.07) is 26.9. The van der Waals surface area contributed by atoms with Crippen LogP contribution in [-0.4, -0.2) is 12.3 Å². The van der Waals surface area contributed by atoms with Gasteiger partial charge >= 0.3 is 0 Å². The summed E-state index contributed by atoms with van der Waals surface area (Å²) in [5.74, 6) is 2.73. The maximum absolute atomic E-state index is 6.48. The van der Waals surface area contributed by atoms with Crippen LogP contribution in [0.2, 0.25) is 0 Å². The number of allylic oxidation sites excluding steroid dienone is 3. The van der Waals surface area contributed by atoms with E-state index in [1.807, 2.05) is 36.4 Å². The van der Waals surface area contributed by atoms with Crippen molar-refractivity contribution in [3.8, 4) is 22.6 Å². The highest BCUT2D eigenvalue weighted by molar-refractivity contribution is 7.62. The SMILES string of the molecule is C1=CC(OP(CCP2Oc3ccccc3-c3ccccc32)Oc2ccccc2)=CCC1. The Hall–Kier alpha value is -2.60. The van der Waals surface area contributed by atoms with E-state index in [4.69, 9.17) is 13.6 Å². The van der Waals surface area contributed by atoms with Crippen molar-refractivity contribution in [2.24, 2.45) is 0 Å².